The van der Waals surface area contributed by atoms with Crippen LogP contribution in [0.2, 0.25) is 0 Å². The summed E-state index contributed by atoms with van der Waals surface area (Å²) in [6, 6.07) is 0. The summed E-state index contributed by atoms with van der Waals surface area (Å²) in [6.07, 6.45) is 1.16. The van der Waals surface area contributed by atoms with Crippen LogP contribution >= 0.6 is 0 Å². The number of aliphatic hydroxyl groups is 1. The zero-order valence-corrected chi connectivity index (χ0v) is 8.14. The van der Waals surface area contributed by atoms with Crippen molar-refractivity contribution in [2.24, 2.45) is 0 Å². The fourth-order valence-electron chi connectivity index (χ4n) is 0.865. The van der Waals surface area contributed by atoms with Gasteiger partial charge in [0.2, 0.25) is 0 Å². The lowest BCUT2D eigenvalue weighted by Gasteiger charge is -2.09. The van der Waals surface area contributed by atoms with E-state index in [0.717, 1.165) is 26.2 Å². The van der Waals surface area contributed by atoms with Crippen LogP contribution in [0.3, 0.4) is 0 Å². The van der Waals surface area contributed by atoms with E-state index >= 15 is 0 Å². The van der Waals surface area contributed by atoms with Crippen molar-refractivity contribution in [1.82, 2.24) is 15.5 Å². The maximum atomic E-state index is 8.44. The van der Waals surface area contributed by atoms with E-state index in [1.807, 2.05) is 0 Å². The van der Waals surface area contributed by atoms with Crippen molar-refractivity contribution in [3.63, 3.8) is 0 Å². The predicted octanol–water partition coefficient (Wildman–Crippen LogP) is -0.933. The van der Waals surface area contributed by atoms with Crippen LogP contribution in [-0.4, -0.2) is 57.0 Å². The van der Waals surface area contributed by atoms with Crippen LogP contribution in [0.15, 0.2) is 0 Å². The van der Waals surface area contributed by atoms with E-state index in [9.17, 15) is 0 Å². The Balaban J connectivity index is 2.82. The third-order valence-electron chi connectivity index (χ3n) is 1.50. The van der Waals surface area contributed by atoms with Gasteiger partial charge in [0.15, 0.2) is 0 Å². The van der Waals surface area contributed by atoms with Gasteiger partial charge in [-0.25, -0.2) is 0 Å². The molecule has 0 spiro atoms. The number of aliphatic hydroxyl groups excluding tert-OH is 1. The molecule has 0 aliphatic carbocycles. The number of hydrogen-bond acceptors (Lipinski definition) is 4. The van der Waals surface area contributed by atoms with Gasteiger partial charge in [0, 0.05) is 13.2 Å². The second-order valence-corrected chi connectivity index (χ2v) is 3.06. The van der Waals surface area contributed by atoms with Gasteiger partial charge in [-0.15, -0.1) is 0 Å². The Kier molecular flexibility index (Phi) is 8.81. The molecule has 0 aromatic carbocycles. The summed E-state index contributed by atoms with van der Waals surface area (Å²) in [7, 11) is 4.15. The fourth-order valence-corrected chi connectivity index (χ4v) is 0.865. The van der Waals surface area contributed by atoms with Crippen LogP contribution in [0.5, 0.6) is 0 Å². The van der Waals surface area contributed by atoms with E-state index < -0.39 is 0 Å². The van der Waals surface area contributed by atoms with E-state index in [1.165, 1.54) is 0 Å². The lowest BCUT2D eigenvalue weighted by molar-refractivity contribution is 0.290. The van der Waals surface area contributed by atoms with E-state index in [-0.39, 0.29) is 6.61 Å². The third kappa shape index (κ3) is 9.84. The first-order valence-electron chi connectivity index (χ1n) is 4.44. The first-order valence-corrected chi connectivity index (χ1v) is 4.44. The summed E-state index contributed by atoms with van der Waals surface area (Å²) in [5, 5.41) is 14.7. The van der Waals surface area contributed by atoms with Crippen molar-refractivity contribution >= 4 is 0 Å². The molecule has 4 nitrogen and oxygen atoms in total. The number of rotatable bonds is 8. The molecule has 0 heterocycles. The Labute approximate surface area is 74.9 Å². The smallest absolute Gasteiger partial charge is 0.0556 e. The topological polar surface area (TPSA) is 47.5 Å². The minimum atomic E-state index is 0.208. The largest absolute Gasteiger partial charge is 0.395 e. The monoisotopic (exact) mass is 175 g/mol. The van der Waals surface area contributed by atoms with Gasteiger partial charge in [-0.05, 0) is 33.6 Å². The van der Waals surface area contributed by atoms with E-state index in [1.54, 1.807) is 0 Å². The van der Waals surface area contributed by atoms with E-state index in [2.05, 4.69) is 29.6 Å². The van der Waals surface area contributed by atoms with Crippen LogP contribution in [0, 0.1) is 0 Å². The van der Waals surface area contributed by atoms with Gasteiger partial charge in [-0.1, -0.05) is 0 Å². The second-order valence-electron chi connectivity index (χ2n) is 3.06. The van der Waals surface area contributed by atoms with Gasteiger partial charge in [0.25, 0.3) is 0 Å². The van der Waals surface area contributed by atoms with Crippen molar-refractivity contribution < 1.29 is 5.11 Å². The molecule has 12 heavy (non-hydrogen) atoms. The molecule has 0 aromatic rings. The average Bonchev–Trinajstić information content (AvgIpc) is 2.02. The second kappa shape index (κ2) is 8.93. The van der Waals surface area contributed by atoms with Crippen molar-refractivity contribution in [2.75, 3.05) is 47.0 Å². The summed E-state index contributed by atoms with van der Waals surface area (Å²) < 4.78 is 0. The highest BCUT2D eigenvalue weighted by molar-refractivity contribution is 4.49. The van der Waals surface area contributed by atoms with Crippen LogP contribution in [0.1, 0.15) is 6.42 Å². The molecule has 0 aromatic heterocycles. The Morgan fingerprint density at radius 1 is 1.17 bits per heavy atom. The lowest BCUT2D eigenvalue weighted by atomic mass is 10.4. The Morgan fingerprint density at radius 2 is 1.83 bits per heavy atom. The molecular formula is C8H21N3O. The van der Waals surface area contributed by atoms with Crippen LogP contribution in [0.4, 0.5) is 0 Å². The molecule has 0 aliphatic heterocycles. The molecule has 74 valence electrons. The maximum Gasteiger partial charge on any atom is 0.0556 e. The van der Waals surface area contributed by atoms with Crippen molar-refractivity contribution in [2.45, 2.75) is 6.42 Å². The molecule has 0 saturated carbocycles. The summed E-state index contributed by atoms with van der Waals surface area (Å²) in [5.74, 6) is 0. The van der Waals surface area contributed by atoms with Gasteiger partial charge >= 0.3 is 0 Å². The van der Waals surface area contributed by atoms with Crippen molar-refractivity contribution in [3.8, 4) is 0 Å². The zero-order valence-electron chi connectivity index (χ0n) is 8.14. The van der Waals surface area contributed by atoms with Crippen molar-refractivity contribution in [3.05, 3.63) is 0 Å². The summed E-state index contributed by atoms with van der Waals surface area (Å²) in [6.45, 7) is 3.80. The Morgan fingerprint density at radius 3 is 2.42 bits per heavy atom. The average molecular weight is 175 g/mol. The maximum absolute atomic E-state index is 8.44. The zero-order chi connectivity index (χ0) is 9.23. The number of hydrogen-bond donors (Lipinski definition) is 3. The molecule has 4 heteroatoms. The van der Waals surface area contributed by atoms with Crippen LogP contribution < -0.4 is 10.6 Å². The van der Waals surface area contributed by atoms with Crippen LogP contribution in [0.25, 0.3) is 0 Å². The van der Waals surface area contributed by atoms with E-state index in [0.29, 0.717) is 6.54 Å². The van der Waals surface area contributed by atoms with E-state index in [4.69, 9.17) is 5.11 Å². The van der Waals surface area contributed by atoms with Crippen LogP contribution in [-0.2, 0) is 0 Å². The summed E-state index contributed by atoms with van der Waals surface area (Å²) in [5.41, 5.74) is 0. The van der Waals surface area contributed by atoms with Gasteiger partial charge < -0.3 is 20.6 Å². The Bertz CT molecular complexity index is 88.4. The van der Waals surface area contributed by atoms with Gasteiger partial charge in [-0.2, -0.15) is 0 Å². The highest BCUT2D eigenvalue weighted by Crippen LogP contribution is 1.79. The molecule has 0 amide bonds. The highest BCUT2D eigenvalue weighted by atomic mass is 16.3. The molecule has 0 atom stereocenters. The first-order chi connectivity index (χ1) is 5.77. The lowest BCUT2D eigenvalue weighted by Crippen LogP contribution is -2.32. The Hall–Kier alpha value is -0.160. The van der Waals surface area contributed by atoms with Gasteiger partial charge in [0.05, 0.1) is 6.61 Å². The molecule has 0 unspecified atom stereocenters. The molecule has 0 aliphatic rings. The highest BCUT2D eigenvalue weighted by Gasteiger charge is 1.89. The molecular weight excluding hydrogens is 154 g/mol. The molecule has 0 fully saturated rings. The molecule has 0 saturated heterocycles. The SMILES string of the molecule is CN(C)CCCNCNCCO. The van der Waals surface area contributed by atoms with Gasteiger partial charge in [-0.3, -0.25) is 0 Å². The third-order valence-corrected chi connectivity index (χ3v) is 1.50. The number of nitrogens with zero attached hydrogens (tertiary/aromatic N) is 1. The van der Waals surface area contributed by atoms with Crippen molar-refractivity contribution in [1.29, 1.82) is 0 Å². The standard InChI is InChI=1S/C8H21N3O/c1-11(2)6-3-4-9-8-10-5-7-12/h9-10,12H,3-8H2,1-2H3. The number of nitrogens with one attached hydrogen (secondary N) is 2. The molecule has 0 bridgehead atoms. The summed E-state index contributed by atoms with van der Waals surface area (Å²) in [4.78, 5) is 2.17. The summed E-state index contributed by atoms with van der Waals surface area (Å²) >= 11 is 0. The fraction of sp³-hybridized carbons (Fsp3) is 1.00. The normalized spacial score (nSPS) is 11.0. The first kappa shape index (κ1) is 11.8. The molecule has 0 rings (SSSR count). The quantitative estimate of drug-likeness (QED) is 0.329. The molecule has 0 radical (unpaired) electrons. The predicted molar refractivity (Wildman–Crippen MR) is 51.1 cm³/mol. The van der Waals surface area contributed by atoms with Gasteiger partial charge in [0.1, 0.15) is 0 Å². The molecule has 3 N–H and O–H groups in total. The minimum absolute atomic E-state index is 0.208. The minimum Gasteiger partial charge on any atom is -0.395 e.